The molecule has 3 rings (SSSR count). The highest BCUT2D eigenvalue weighted by Crippen LogP contribution is 2.23. The van der Waals surface area contributed by atoms with Crippen molar-refractivity contribution in [2.45, 2.75) is 39.2 Å². The Kier molecular flexibility index (Phi) is 5.91. The minimum Gasteiger partial charge on any atom is -0.464 e. The van der Waals surface area contributed by atoms with E-state index < -0.39 is 5.60 Å². The van der Waals surface area contributed by atoms with E-state index in [-0.39, 0.29) is 42.9 Å². The highest BCUT2D eigenvalue weighted by molar-refractivity contribution is 6.21. The van der Waals surface area contributed by atoms with Crippen LogP contribution in [0.15, 0.2) is 24.3 Å². The van der Waals surface area contributed by atoms with Gasteiger partial charge < -0.3 is 14.4 Å². The van der Waals surface area contributed by atoms with Gasteiger partial charge in [0.15, 0.2) is 0 Å². The van der Waals surface area contributed by atoms with E-state index in [1.54, 1.807) is 29.2 Å². The number of nitrogens with zero attached hydrogens (tertiary/aromatic N) is 2. The second kappa shape index (κ2) is 8.23. The summed E-state index contributed by atoms with van der Waals surface area (Å²) >= 11 is 0. The van der Waals surface area contributed by atoms with E-state index in [0.29, 0.717) is 37.1 Å². The Bertz CT molecular complexity index is 786. The first-order valence-electron chi connectivity index (χ1n) is 9.77. The zero-order chi connectivity index (χ0) is 21.2. The van der Waals surface area contributed by atoms with Crippen LogP contribution in [-0.4, -0.2) is 65.5 Å². The number of imide groups is 1. The topological polar surface area (TPSA) is 93.2 Å². The molecule has 1 aromatic carbocycles. The first kappa shape index (κ1) is 20.8. The predicted octanol–water partition coefficient (Wildman–Crippen LogP) is 2.47. The summed E-state index contributed by atoms with van der Waals surface area (Å²) in [7, 11) is 0. The van der Waals surface area contributed by atoms with Crippen LogP contribution in [0, 0.1) is 5.92 Å². The largest absolute Gasteiger partial charge is 0.464 e. The normalized spacial score (nSPS) is 17.3. The van der Waals surface area contributed by atoms with Crippen molar-refractivity contribution in [2.24, 2.45) is 5.92 Å². The summed E-state index contributed by atoms with van der Waals surface area (Å²) < 4.78 is 10.6. The maximum absolute atomic E-state index is 12.3. The zero-order valence-electron chi connectivity index (χ0n) is 17.0. The van der Waals surface area contributed by atoms with Crippen LogP contribution in [0.3, 0.4) is 0 Å². The van der Waals surface area contributed by atoms with Crippen molar-refractivity contribution in [2.75, 3.05) is 26.2 Å². The molecule has 2 aliphatic rings. The van der Waals surface area contributed by atoms with Crippen LogP contribution in [0.25, 0.3) is 0 Å². The Morgan fingerprint density at radius 3 is 2.10 bits per heavy atom. The number of carbonyl (C=O) groups is 4. The molecular weight excluding hydrogens is 376 g/mol. The van der Waals surface area contributed by atoms with Gasteiger partial charge in [-0.3, -0.25) is 19.3 Å². The van der Waals surface area contributed by atoms with Crippen molar-refractivity contribution in [3.8, 4) is 0 Å². The molecule has 0 spiro atoms. The zero-order valence-corrected chi connectivity index (χ0v) is 17.0. The predicted molar refractivity (Wildman–Crippen MR) is 103 cm³/mol. The van der Waals surface area contributed by atoms with Crippen molar-refractivity contribution in [3.05, 3.63) is 35.4 Å². The van der Waals surface area contributed by atoms with Crippen LogP contribution in [0.2, 0.25) is 0 Å². The number of rotatable bonds is 4. The highest BCUT2D eigenvalue weighted by Gasteiger charge is 2.35. The number of hydrogen-bond acceptors (Lipinski definition) is 6. The standard InChI is InChI=1S/C21H26N2O6/c1-21(2,3)29-20(27)22-10-8-14(9-11-22)19(26)28-13-12-23-17(24)15-6-4-5-7-16(15)18(23)25/h4-7,14H,8-13H2,1-3H3. The molecule has 0 aromatic heterocycles. The van der Waals surface area contributed by atoms with E-state index in [1.165, 1.54) is 0 Å². The molecule has 0 bridgehead atoms. The number of carbonyl (C=O) groups excluding carboxylic acids is 4. The van der Waals surface area contributed by atoms with Gasteiger partial charge in [-0.2, -0.15) is 0 Å². The van der Waals surface area contributed by atoms with Gasteiger partial charge in [0.2, 0.25) is 0 Å². The number of hydrogen-bond donors (Lipinski definition) is 0. The van der Waals surface area contributed by atoms with Crippen LogP contribution < -0.4 is 0 Å². The number of esters is 1. The highest BCUT2D eigenvalue weighted by atomic mass is 16.6. The number of fused-ring (bicyclic) bond motifs is 1. The van der Waals surface area contributed by atoms with Crippen LogP contribution in [0.1, 0.15) is 54.3 Å². The molecule has 8 nitrogen and oxygen atoms in total. The van der Waals surface area contributed by atoms with E-state index in [1.807, 2.05) is 20.8 Å². The van der Waals surface area contributed by atoms with Gasteiger partial charge in [0.05, 0.1) is 23.6 Å². The molecule has 0 N–H and O–H groups in total. The summed E-state index contributed by atoms with van der Waals surface area (Å²) in [6.07, 6.45) is 0.603. The molecule has 0 saturated carbocycles. The molecule has 156 valence electrons. The maximum Gasteiger partial charge on any atom is 0.410 e. The lowest BCUT2D eigenvalue weighted by Gasteiger charge is -2.32. The first-order chi connectivity index (χ1) is 13.7. The second-order valence-corrected chi connectivity index (χ2v) is 8.22. The molecule has 1 aromatic rings. The van der Waals surface area contributed by atoms with Crippen LogP contribution >= 0.6 is 0 Å². The lowest BCUT2D eigenvalue weighted by molar-refractivity contribution is -0.150. The van der Waals surface area contributed by atoms with E-state index in [0.717, 1.165) is 4.90 Å². The van der Waals surface area contributed by atoms with E-state index in [2.05, 4.69) is 0 Å². The number of likely N-dealkylation sites (tertiary alicyclic amines) is 1. The molecule has 0 atom stereocenters. The summed E-state index contributed by atoms with van der Waals surface area (Å²) in [4.78, 5) is 51.7. The van der Waals surface area contributed by atoms with E-state index in [9.17, 15) is 19.2 Å². The van der Waals surface area contributed by atoms with Gasteiger partial charge in [0.25, 0.3) is 11.8 Å². The molecule has 0 radical (unpaired) electrons. The van der Waals surface area contributed by atoms with Gasteiger partial charge >= 0.3 is 12.1 Å². The lowest BCUT2D eigenvalue weighted by Crippen LogP contribution is -2.43. The Hall–Kier alpha value is -2.90. The summed E-state index contributed by atoms with van der Waals surface area (Å²) in [5.74, 6) is -1.42. The van der Waals surface area contributed by atoms with Gasteiger partial charge in [-0.25, -0.2) is 4.79 Å². The SMILES string of the molecule is CC(C)(C)OC(=O)N1CCC(C(=O)OCCN2C(=O)c3ccccc3C2=O)CC1. The van der Waals surface area contributed by atoms with Crippen molar-refractivity contribution < 1.29 is 28.7 Å². The molecule has 2 aliphatic heterocycles. The molecule has 0 unspecified atom stereocenters. The Labute approximate surface area is 169 Å². The van der Waals surface area contributed by atoms with Crippen molar-refractivity contribution in [1.82, 2.24) is 9.80 Å². The summed E-state index contributed by atoms with van der Waals surface area (Å²) in [6.45, 7) is 6.25. The van der Waals surface area contributed by atoms with Gasteiger partial charge in [-0.15, -0.1) is 0 Å². The smallest absolute Gasteiger partial charge is 0.410 e. The first-order valence-corrected chi connectivity index (χ1v) is 9.77. The third kappa shape index (κ3) is 4.75. The van der Waals surface area contributed by atoms with Crippen LogP contribution in [0.5, 0.6) is 0 Å². The Balaban J connectivity index is 1.43. The molecule has 2 heterocycles. The molecular formula is C21H26N2O6. The maximum atomic E-state index is 12.3. The van der Waals surface area contributed by atoms with Gasteiger partial charge in [-0.1, -0.05) is 12.1 Å². The fourth-order valence-electron chi connectivity index (χ4n) is 3.42. The van der Waals surface area contributed by atoms with Crippen molar-refractivity contribution in [3.63, 3.8) is 0 Å². The number of ether oxygens (including phenoxy) is 2. The summed E-state index contributed by atoms with van der Waals surface area (Å²) in [5.41, 5.74) is 0.188. The summed E-state index contributed by atoms with van der Waals surface area (Å²) in [5, 5.41) is 0. The molecule has 3 amide bonds. The Morgan fingerprint density at radius 2 is 1.59 bits per heavy atom. The Morgan fingerprint density at radius 1 is 1.03 bits per heavy atom. The van der Waals surface area contributed by atoms with Gasteiger partial charge in [0.1, 0.15) is 12.2 Å². The van der Waals surface area contributed by atoms with Gasteiger partial charge in [-0.05, 0) is 45.7 Å². The quantitative estimate of drug-likeness (QED) is 0.567. The average Bonchev–Trinajstić information content (AvgIpc) is 2.92. The van der Waals surface area contributed by atoms with Crippen LogP contribution in [0.4, 0.5) is 4.79 Å². The molecule has 0 aliphatic carbocycles. The summed E-state index contributed by atoms with van der Waals surface area (Å²) in [6, 6.07) is 6.63. The monoisotopic (exact) mass is 402 g/mol. The molecule has 1 fully saturated rings. The minimum absolute atomic E-state index is 0.0227. The van der Waals surface area contributed by atoms with Crippen LogP contribution in [-0.2, 0) is 14.3 Å². The molecule has 1 saturated heterocycles. The minimum atomic E-state index is -0.559. The van der Waals surface area contributed by atoms with Crippen molar-refractivity contribution >= 4 is 23.9 Å². The fraction of sp³-hybridized carbons (Fsp3) is 0.524. The lowest BCUT2D eigenvalue weighted by atomic mass is 9.97. The molecule has 29 heavy (non-hydrogen) atoms. The second-order valence-electron chi connectivity index (χ2n) is 8.22. The number of amides is 3. The van der Waals surface area contributed by atoms with Gasteiger partial charge in [0, 0.05) is 13.1 Å². The third-order valence-corrected chi connectivity index (χ3v) is 4.92. The van der Waals surface area contributed by atoms with Crippen molar-refractivity contribution in [1.29, 1.82) is 0 Å². The molecule has 8 heteroatoms. The fourth-order valence-corrected chi connectivity index (χ4v) is 3.42. The number of piperidine rings is 1. The van der Waals surface area contributed by atoms with E-state index >= 15 is 0 Å². The third-order valence-electron chi connectivity index (χ3n) is 4.92. The number of benzene rings is 1. The average molecular weight is 402 g/mol. The van der Waals surface area contributed by atoms with E-state index in [4.69, 9.17) is 9.47 Å².